The van der Waals surface area contributed by atoms with Crippen molar-refractivity contribution >= 4 is 17.7 Å². The monoisotopic (exact) mass is 433 g/mol. The minimum absolute atomic E-state index is 0.0224. The van der Waals surface area contributed by atoms with E-state index in [0.29, 0.717) is 26.2 Å². The van der Waals surface area contributed by atoms with Crippen LogP contribution >= 0.6 is 0 Å². The van der Waals surface area contributed by atoms with Gasteiger partial charge in [0.1, 0.15) is 5.82 Å². The summed E-state index contributed by atoms with van der Waals surface area (Å²) in [6.07, 6.45) is 1.38. The van der Waals surface area contributed by atoms with Crippen LogP contribution in [-0.4, -0.2) is 85.4 Å². The van der Waals surface area contributed by atoms with Crippen molar-refractivity contribution < 1.29 is 23.5 Å². The molecule has 1 aromatic carbocycles. The fourth-order valence-electron chi connectivity index (χ4n) is 4.43. The number of likely N-dealkylation sites (N-methyl/N-ethyl adjacent to an activating group) is 2. The molecule has 0 unspecified atom stereocenters. The van der Waals surface area contributed by atoms with Crippen LogP contribution in [0.2, 0.25) is 0 Å². The zero-order valence-corrected chi connectivity index (χ0v) is 18.6. The first kappa shape index (κ1) is 23.3. The summed E-state index contributed by atoms with van der Waals surface area (Å²) in [4.78, 5) is 44.3. The van der Waals surface area contributed by atoms with E-state index >= 15 is 0 Å². The second-order valence-corrected chi connectivity index (χ2v) is 8.64. The Hall–Kier alpha value is -2.32. The number of nitrogens with zero attached hydrogens (tertiary/aromatic N) is 3. The molecular formula is C23H32FN3O4. The molecule has 2 atom stereocenters. The second-order valence-electron chi connectivity index (χ2n) is 8.64. The zero-order chi connectivity index (χ0) is 22.6. The van der Waals surface area contributed by atoms with Crippen LogP contribution in [0, 0.1) is 5.82 Å². The molecule has 3 amide bonds. The number of rotatable bonds is 9. The Morgan fingerprint density at radius 2 is 2.03 bits per heavy atom. The van der Waals surface area contributed by atoms with Crippen molar-refractivity contribution in [1.82, 2.24) is 14.7 Å². The molecule has 7 nitrogen and oxygen atoms in total. The van der Waals surface area contributed by atoms with E-state index in [4.69, 9.17) is 4.74 Å². The van der Waals surface area contributed by atoms with E-state index in [9.17, 15) is 18.8 Å². The predicted molar refractivity (Wildman–Crippen MR) is 114 cm³/mol. The van der Waals surface area contributed by atoms with Gasteiger partial charge in [-0.3, -0.25) is 19.3 Å². The summed E-state index contributed by atoms with van der Waals surface area (Å²) in [5.41, 5.74) is -1.40. The standard InChI is InChI=1S/C23H32FN3O4/c1-4-26(16-17-8-7-13-31-17)20(28)14-23(18-9-5-6-10-19(18)24)15-21(29)27(22(23)30)12-11-25(2)3/h5-6,9-10,17H,4,7-8,11-16H2,1-3H3/t17-,23-/m1/s1. The minimum Gasteiger partial charge on any atom is -0.376 e. The highest BCUT2D eigenvalue weighted by atomic mass is 19.1. The van der Waals surface area contributed by atoms with Gasteiger partial charge in [-0.25, -0.2) is 4.39 Å². The summed E-state index contributed by atoms with van der Waals surface area (Å²) in [7, 11) is 3.70. The Balaban J connectivity index is 1.90. The molecular weight excluding hydrogens is 401 g/mol. The van der Waals surface area contributed by atoms with Crippen molar-refractivity contribution in [3.05, 3.63) is 35.6 Å². The van der Waals surface area contributed by atoms with E-state index in [1.165, 1.54) is 23.1 Å². The molecule has 2 fully saturated rings. The van der Waals surface area contributed by atoms with Gasteiger partial charge in [0.2, 0.25) is 17.7 Å². The molecule has 0 N–H and O–H groups in total. The molecule has 0 radical (unpaired) electrons. The fourth-order valence-corrected chi connectivity index (χ4v) is 4.43. The molecule has 0 aromatic heterocycles. The third-order valence-corrected chi connectivity index (χ3v) is 6.20. The quantitative estimate of drug-likeness (QED) is 0.556. The summed E-state index contributed by atoms with van der Waals surface area (Å²) < 4.78 is 20.5. The van der Waals surface area contributed by atoms with Gasteiger partial charge in [-0.2, -0.15) is 0 Å². The molecule has 2 aliphatic heterocycles. The largest absolute Gasteiger partial charge is 0.376 e. The van der Waals surface area contributed by atoms with Gasteiger partial charge in [0.25, 0.3) is 0 Å². The second kappa shape index (κ2) is 9.87. The highest BCUT2D eigenvalue weighted by molar-refractivity contribution is 6.10. The number of hydrogen-bond acceptors (Lipinski definition) is 5. The van der Waals surface area contributed by atoms with E-state index < -0.39 is 17.1 Å². The van der Waals surface area contributed by atoms with Gasteiger partial charge in [-0.05, 0) is 39.9 Å². The van der Waals surface area contributed by atoms with Gasteiger partial charge in [0.15, 0.2) is 0 Å². The summed E-state index contributed by atoms with van der Waals surface area (Å²) >= 11 is 0. The molecule has 0 spiro atoms. The first-order chi connectivity index (χ1) is 14.8. The Bertz CT molecular complexity index is 825. The van der Waals surface area contributed by atoms with E-state index in [-0.39, 0.29) is 42.9 Å². The topological polar surface area (TPSA) is 70.2 Å². The number of likely N-dealkylation sites (tertiary alicyclic amines) is 1. The SMILES string of the molecule is CCN(C[C@H]1CCCO1)C(=O)C[C@]1(c2ccccc2F)CC(=O)N(CCN(C)C)C1=O. The number of carbonyl (C=O) groups is 3. The maximum Gasteiger partial charge on any atom is 0.241 e. The molecule has 0 saturated carbocycles. The Kier molecular flexibility index (Phi) is 7.43. The number of halogens is 1. The molecule has 2 aliphatic rings. The molecule has 1 aromatic rings. The Labute approximate surface area is 183 Å². The first-order valence-corrected chi connectivity index (χ1v) is 10.9. The fraction of sp³-hybridized carbons (Fsp3) is 0.609. The lowest BCUT2D eigenvalue weighted by Crippen LogP contribution is -2.46. The molecule has 3 rings (SSSR count). The summed E-state index contributed by atoms with van der Waals surface area (Å²) in [5, 5.41) is 0. The van der Waals surface area contributed by atoms with Gasteiger partial charge >= 0.3 is 0 Å². The van der Waals surface area contributed by atoms with Gasteiger partial charge in [-0.1, -0.05) is 18.2 Å². The summed E-state index contributed by atoms with van der Waals surface area (Å²) in [5.74, 6) is -1.71. The normalized spacial score (nSPS) is 23.8. The smallest absolute Gasteiger partial charge is 0.241 e. The Morgan fingerprint density at radius 1 is 1.29 bits per heavy atom. The summed E-state index contributed by atoms with van der Waals surface area (Å²) in [6, 6.07) is 5.95. The molecule has 2 saturated heterocycles. The minimum atomic E-state index is -1.52. The predicted octanol–water partition coefficient (Wildman–Crippen LogP) is 1.80. The van der Waals surface area contributed by atoms with Crippen LogP contribution < -0.4 is 0 Å². The van der Waals surface area contributed by atoms with Crippen molar-refractivity contribution in [2.45, 2.75) is 44.1 Å². The first-order valence-electron chi connectivity index (χ1n) is 10.9. The molecule has 0 aliphatic carbocycles. The van der Waals surface area contributed by atoms with Gasteiger partial charge in [0.05, 0.1) is 11.5 Å². The number of imide groups is 1. The van der Waals surface area contributed by atoms with Crippen molar-refractivity contribution in [2.75, 3.05) is 46.9 Å². The van der Waals surface area contributed by atoms with E-state index in [0.717, 1.165) is 12.8 Å². The molecule has 31 heavy (non-hydrogen) atoms. The zero-order valence-electron chi connectivity index (χ0n) is 18.6. The third-order valence-electron chi connectivity index (χ3n) is 6.20. The Morgan fingerprint density at radius 3 is 2.65 bits per heavy atom. The van der Waals surface area contributed by atoms with Crippen LogP contribution in [0.5, 0.6) is 0 Å². The van der Waals surface area contributed by atoms with Gasteiger partial charge in [-0.15, -0.1) is 0 Å². The number of benzene rings is 1. The summed E-state index contributed by atoms with van der Waals surface area (Å²) in [6.45, 7) is 4.16. The van der Waals surface area contributed by atoms with Gasteiger partial charge < -0.3 is 14.5 Å². The highest BCUT2D eigenvalue weighted by Crippen LogP contribution is 2.41. The van der Waals surface area contributed by atoms with Crippen molar-refractivity contribution in [1.29, 1.82) is 0 Å². The maximum atomic E-state index is 14.9. The van der Waals surface area contributed by atoms with Crippen molar-refractivity contribution in [2.24, 2.45) is 0 Å². The van der Waals surface area contributed by atoms with Crippen molar-refractivity contribution in [3.63, 3.8) is 0 Å². The average molecular weight is 434 g/mol. The van der Waals surface area contributed by atoms with E-state index in [2.05, 4.69) is 0 Å². The van der Waals surface area contributed by atoms with Crippen LogP contribution in [0.15, 0.2) is 24.3 Å². The van der Waals surface area contributed by atoms with Gasteiger partial charge in [0, 0.05) is 51.2 Å². The molecule has 170 valence electrons. The van der Waals surface area contributed by atoms with E-state index in [1.54, 1.807) is 11.0 Å². The molecule has 0 bridgehead atoms. The van der Waals surface area contributed by atoms with Crippen LogP contribution in [-0.2, 0) is 24.5 Å². The average Bonchev–Trinajstić information content (AvgIpc) is 3.32. The number of carbonyl (C=O) groups excluding carboxylic acids is 3. The lowest BCUT2D eigenvalue weighted by atomic mass is 9.75. The third kappa shape index (κ3) is 4.96. The number of hydrogen-bond donors (Lipinski definition) is 0. The van der Waals surface area contributed by atoms with Crippen molar-refractivity contribution in [3.8, 4) is 0 Å². The van der Waals surface area contributed by atoms with Crippen LogP contribution in [0.1, 0.15) is 38.2 Å². The van der Waals surface area contributed by atoms with E-state index in [1.807, 2.05) is 25.9 Å². The lowest BCUT2D eigenvalue weighted by molar-refractivity contribution is -0.143. The highest BCUT2D eigenvalue weighted by Gasteiger charge is 2.55. The maximum absolute atomic E-state index is 14.9. The van der Waals surface area contributed by atoms with Crippen LogP contribution in [0.25, 0.3) is 0 Å². The van der Waals surface area contributed by atoms with Crippen LogP contribution in [0.4, 0.5) is 4.39 Å². The number of ether oxygens (including phenoxy) is 1. The number of amides is 3. The molecule has 2 heterocycles. The molecule has 8 heteroatoms. The van der Waals surface area contributed by atoms with Crippen LogP contribution in [0.3, 0.4) is 0 Å². The lowest BCUT2D eigenvalue weighted by Gasteiger charge is -2.31.